The van der Waals surface area contributed by atoms with Gasteiger partial charge in [0.15, 0.2) is 11.3 Å². The van der Waals surface area contributed by atoms with Gasteiger partial charge in [0.25, 0.3) is 0 Å². The quantitative estimate of drug-likeness (QED) is 0.173. The molecule has 1 aliphatic heterocycles. The van der Waals surface area contributed by atoms with E-state index in [1.807, 2.05) is 66.7 Å². The molecular formula is C61H37NO3. The second kappa shape index (κ2) is 13.7. The lowest BCUT2D eigenvalue weighted by Gasteiger charge is -2.41. The topological polar surface area (TPSA) is 38.8 Å². The van der Waals surface area contributed by atoms with Gasteiger partial charge in [0, 0.05) is 27.3 Å². The average molecular weight is 837 g/mol. The lowest BCUT2D eigenvalue weighted by atomic mass is 9.66. The number of benzene rings is 10. The van der Waals surface area contributed by atoms with Gasteiger partial charge in [0.2, 0.25) is 0 Å². The van der Waals surface area contributed by atoms with Crippen LogP contribution in [0.15, 0.2) is 233 Å². The van der Waals surface area contributed by atoms with Gasteiger partial charge in [-0.1, -0.05) is 176 Å². The summed E-state index contributed by atoms with van der Waals surface area (Å²) in [6, 6.07) is 64.6. The number of hydrogen-bond donors (Lipinski definition) is 0. The van der Waals surface area contributed by atoms with Crippen LogP contribution in [-0.2, 0) is 5.41 Å². The summed E-state index contributed by atoms with van der Waals surface area (Å²) in [5.74, 6) is 1.43. The van der Waals surface area contributed by atoms with Gasteiger partial charge < -0.3 is 18.5 Å². The first-order chi connectivity index (χ1) is 34.3. The number of fused-ring (bicyclic) bond motifs is 15. The summed E-state index contributed by atoms with van der Waals surface area (Å²) < 4.78 is 64.6. The Hall–Kier alpha value is -8.60. The van der Waals surface area contributed by atoms with Crippen molar-refractivity contribution >= 4 is 60.9 Å². The van der Waals surface area contributed by atoms with Gasteiger partial charge in [-0.2, -0.15) is 0 Å². The molecule has 0 amide bonds. The smallest absolute Gasteiger partial charge is 0.159 e. The molecule has 304 valence electrons. The number of rotatable bonds is 5. The van der Waals surface area contributed by atoms with Crippen molar-refractivity contribution < 1.29 is 20.4 Å². The van der Waals surface area contributed by atoms with Gasteiger partial charge in [0.05, 0.1) is 34.7 Å². The van der Waals surface area contributed by atoms with Gasteiger partial charge in [-0.15, -0.1) is 0 Å². The Morgan fingerprint density at radius 3 is 1.85 bits per heavy atom. The van der Waals surface area contributed by atoms with E-state index in [0.717, 1.165) is 55.7 Å². The molecule has 10 aromatic carbocycles. The maximum Gasteiger partial charge on any atom is 0.159 e. The molecule has 0 saturated carbocycles. The van der Waals surface area contributed by atoms with E-state index in [9.17, 15) is 0 Å². The van der Waals surface area contributed by atoms with E-state index in [1.165, 1.54) is 22.3 Å². The number of anilines is 3. The Morgan fingerprint density at radius 2 is 1.03 bits per heavy atom. The van der Waals surface area contributed by atoms with Gasteiger partial charge in [-0.05, 0) is 93.0 Å². The predicted octanol–water partition coefficient (Wildman–Crippen LogP) is 16.8. The zero-order valence-electron chi connectivity index (χ0n) is 39.6. The van der Waals surface area contributed by atoms with E-state index in [0.29, 0.717) is 44.5 Å². The molecule has 65 heavy (non-hydrogen) atoms. The first-order valence-electron chi connectivity index (χ1n) is 24.3. The van der Waals surface area contributed by atoms with Crippen molar-refractivity contribution in [2.24, 2.45) is 0 Å². The minimum absolute atomic E-state index is 0.108. The summed E-state index contributed by atoms with van der Waals surface area (Å²) >= 11 is 0. The molecule has 0 saturated heterocycles. The third-order valence-electron chi connectivity index (χ3n) is 13.4. The molecule has 0 fully saturated rings. The molecule has 0 atom stereocenters. The summed E-state index contributed by atoms with van der Waals surface area (Å²) in [6.07, 6.45) is 0. The third kappa shape index (κ3) is 5.02. The molecule has 12 aromatic rings. The summed E-state index contributed by atoms with van der Waals surface area (Å²) in [5.41, 5.74) is 13.5. The van der Waals surface area contributed by atoms with Crippen LogP contribution in [0.2, 0.25) is 0 Å². The number of furan rings is 2. The summed E-state index contributed by atoms with van der Waals surface area (Å²) in [5, 5.41) is 3.17. The number of hydrogen-bond acceptors (Lipinski definition) is 4. The number of para-hydroxylation sites is 3. The minimum atomic E-state index is -0.734. The fraction of sp³-hybridized carbons (Fsp3) is 0.0164. The third-order valence-corrected chi connectivity index (χ3v) is 13.4. The fourth-order valence-electron chi connectivity index (χ4n) is 10.8. The molecule has 4 nitrogen and oxygen atoms in total. The Balaban J connectivity index is 1.10. The van der Waals surface area contributed by atoms with Crippen molar-refractivity contribution in [1.29, 1.82) is 0 Å². The average Bonchev–Trinajstić information content (AvgIpc) is 4.08. The SMILES string of the molecule is [2H]c1c([2H])c([2H])c(-c2cccc3oc4c(N(c5cccc6c5Oc5ccccc5C65c6ccccc6-c6ccccc65)c5cccc6oc7ccc(-c8ccccc8)cc7c56)cccc4c23)c([2H])c1[2H]. The molecule has 14 rings (SSSR count). The van der Waals surface area contributed by atoms with Crippen LogP contribution in [-0.4, -0.2) is 0 Å². The standard InChI is InChI=1S/C61H37NO3/c1-3-17-38(18-4-1)40-35-36-53-45(37-40)58-50(29-16-34-56(58)63-53)62(51-30-13-24-44-57-41(39-19-5-2-6-20-39)23-14-33-55(57)65-59(44)51)52-31-15-28-49-60(52)64-54-32-12-11-27-48(54)61(49)46-25-9-7-21-42(46)43-22-8-10-26-47(43)61/h1-37H/i2D,5D,6D,19D,20D. The molecule has 0 radical (unpaired) electrons. The molecule has 4 heteroatoms. The van der Waals surface area contributed by atoms with E-state index in [-0.39, 0.29) is 17.6 Å². The van der Waals surface area contributed by atoms with Crippen LogP contribution in [0.1, 0.15) is 29.1 Å². The fourth-order valence-corrected chi connectivity index (χ4v) is 10.8. The van der Waals surface area contributed by atoms with E-state index < -0.39 is 23.5 Å². The van der Waals surface area contributed by atoms with Crippen molar-refractivity contribution in [3.8, 4) is 44.9 Å². The van der Waals surface area contributed by atoms with E-state index in [4.69, 9.17) is 20.4 Å². The highest BCUT2D eigenvalue weighted by Gasteiger charge is 2.51. The van der Waals surface area contributed by atoms with Gasteiger partial charge in [-0.25, -0.2) is 0 Å². The first-order valence-corrected chi connectivity index (χ1v) is 21.8. The van der Waals surface area contributed by atoms with E-state index in [2.05, 4.69) is 120 Å². The van der Waals surface area contributed by atoms with Crippen LogP contribution in [0.3, 0.4) is 0 Å². The Morgan fingerprint density at radius 1 is 0.400 bits per heavy atom. The molecule has 0 unspecified atom stereocenters. The lowest BCUT2D eigenvalue weighted by molar-refractivity contribution is 0.437. The van der Waals surface area contributed by atoms with Crippen LogP contribution in [0.4, 0.5) is 17.1 Å². The van der Waals surface area contributed by atoms with Crippen molar-refractivity contribution in [2.75, 3.05) is 4.90 Å². The molecule has 0 bridgehead atoms. The molecule has 2 aromatic heterocycles. The second-order valence-corrected chi connectivity index (χ2v) is 16.7. The maximum absolute atomic E-state index is 9.01. The zero-order chi connectivity index (χ0) is 47.0. The van der Waals surface area contributed by atoms with Crippen LogP contribution < -0.4 is 9.64 Å². The van der Waals surface area contributed by atoms with Crippen LogP contribution in [0.5, 0.6) is 11.5 Å². The van der Waals surface area contributed by atoms with Crippen LogP contribution in [0, 0.1) is 0 Å². The maximum atomic E-state index is 9.01. The highest BCUT2D eigenvalue weighted by atomic mass is 16.5. The summed E-state index contributed by atoms with van der Waals surface area (Å²) in [6.45, 7) is 0. The largest absolute Gasteiger partial charge is 0.456 e. The second-order valence-electron chi connectivity index (χ2n) is 16.7. The van der Waals surface area contributed by atoms with E-state index in [1.54, 1.807) is 12.1 Å². The van der Waals surface area contributed by atoms with Crippen molar-refractivity contribution in [3.63, 3.8) is 0 Å². The summed E-state index contributed by atoms with van der Waals surface area (Å²) in [4.78, 5) is 2.22. The molecule has 2 aliphatic rings. The highest BCUT2D eigenvalue weighted by Crippen LogP contribution is 2.64. The monoisotopic (exact) mass is 836 g/mol. The molecule has 3 heterocycles. The Labute approximate surface area is 381 Å². The Kier molecular flexibility index (Phi) is 6.59. The van der Waals surface area contributed by atoms with Crippen molar-refractivity contribution in [2.45, 2.75) is 5.41 Å². The molecular weight excluding hydrogens is 795 g/mol. The number of nitrogens with zero attached hydrogens (tertiary/aromatic N) is 1. The zero-order valence-corrected chi connectivity index (χ0v) is 34.6. The van der Waals surface area contributed by atoms with Gasteiger partial charge >= 0.3 is 0 Å². The van der Waals surface area contributed by atoms with Gasteiger partial charge in [0.1, 0.15) is 22.5 Å². The molecule has 1 spiro atoms. The normalized spacial score (nSPS) is 14.2. The summed E-state index contributed by atoms with van der Waals surface area (Å²) in [7, 11) is 0. The first kappa shape index (κ1) is 31.3. The van der Waals surface area contributed by atoms with Crippen LogP contribution in [0.25, 0.3) is 77.3 Å². The Bertz CT molecular complexity index is 4120. The minimum Gasteiger partial charge on any atom is -0.456 e. The molecule has 0 N–H and O–H groups in total. The van der Waals surface area contributed by atoms with Gasteiger partial charge in [-0.3, -0.25) is 0 Å². The van der Waals surface area contributed by atoms with Crippen molar-refractivity contribution in [1.82, 2.24) is 0 Å². The van der Waals surface area contributed by atoms with Crippen molar-refractivity contribution in [3.05, 3.63) is 247 Å². The highest BCUT2D eigenvalue weighted by molar-refractivity contribution is 6.19. The van der Waals surface area contributed by atoms with E-state index >= 15 is 0 Å². The van der Waals surface area contributed by atoms with Crippen LogP contribution >= 0.6 is 0 Å². The number of ether oxygens (including phenoxy) is 1. The molecule has 1 aliphatic carbocycles. The lowest BCUT2D eigenvalue weighted by Crippen LogP contribution is -2.32. The predicted molar refractivity (Wildman–Crippen MR) is 264 cm³/mol.